The summed E-state index contributed by atoms with van der Waals surface area (Å²) in [7, 11) is -7.86. The molecule has 0 saturated carbocycles. The first-order valence-electron chi connectivity index (χ1n) is 5.39. The van der Waals surface area contributed by atoms with Gasteiger partial charge in [0.05, 0.1) is 14.0 Å². The smallest absolute Gasteiger partial charge is 0.794 e. The fourth-order valence-electron chi connectivity index (χ4n) is 1.30. The van der Waals surface area contributed by atoms with E-state index in [1.807, 2.05) is 0 Å². The third kappa shape index (κ3) is 8.15. The summed E-state index contributed by atoms with van der Waals surface area (Å²) in [6.07, 6.45) is 2.02. The Bertz CT molecular complexity index is 477. The summed E-state index contributed by atoms with van der Waals surface area (Å²) in [6.45, 7) is 1.61. The standard InChI is InChI=1S/C9H16N2O5P2.2Li/c1-2-16-18(14,15)8-4-7-17(12,13)9-10-5-3-6-11-9;;/h3,5-6H,2,4,7-8H2,1H3,(H,12,13)(H,14,15);;/q;2*+1/p-2. The van der Waals surface area contributed by atoms with Gasteiger partial charge in [-0.25, -0.2) is 9.97 Å². The molecule has 11 heteroatoms. The van der Waals surface area contributed by atoms with Crippen molar-refractivity contribution in [3.8, 4) is 0 Å². The molecule has 1 aromatic heterocycles. The second-order valence-electron chi connectivity index (χ2n) is 3.55. The molecule has 0 amide bonds. The van der Waals surface area contributed by atoms with Crippen LogP contribution in [-0.2, 0) is 13.7 Å². The molecule has 0 saturated heterocycles. The van der Waals surface area contributed by atoms with Crippen molar-refractivity contribution in [3.05, 3.63) is 18.5 Å². The summed E-state index contributed by atoms with van der Waals surface area (Å²) < 4.78 is 27.5. The normalized spacial score (nSPS) is 16.1. The van der Waals surface area contributed by atoms with E-state index < -0.39 is 15.0 Å². The molecule has 0 aliphatic carbocycles. The van der Waals surface area contributed by atoms with E-state index in [-0.39, 0.29) is 68.6 Å². The van der Waals surface area contributed by atoms with Gasteiger partial charge in [-0.2, -0.15) is 0 Å². The molecule has 0 spiro atoms. The molecule has 7 nitrogen and oxygen atoms in total. The Morgan fingerprint density at radius 2 is 1.70 bits per heavy atom. The number of hydrogen-bond acceptors (Lipinski definition) is 7. The predicted octanol–water partition coefficient (Wildman–Crippen LogP) is -6.27. The zero-order valence-corrected chi connectivity index (χ0v) is 13.7. The predicted molar refractivity (Wildman–Crippen MR) is 62.9 cm³/mol. The molecule has 1 rings (SSSR count). The Labute approximate surface area is 142 Å². The molecular formula is C9H14Li2N2O5P2. The summed E-state index contributed by atoms with van der Waals surface area (Å²) in [5, 5.41) is 0. The van der Waals surface area contributed by atoms with Crippen molar-refractivity contribution in [1.82, 2.24) is 9.97 Å². The van der Waals surface area contributed by atoms with Crippen LogP contribution in [0.15, 0.2) is 18.5 Å². The maximum absolute atomic E-state index is 11.7. The van der Waals surface area contributed by atoms with Gasteiger partial charge in [0.25, 0.3) is 0 Å². The molecule has 2 atom stereocenters. The van der Waals surface area contributed by atoms with E-state index in [1.54, 1.807) is 6.92 Å². The number of hydrogen-bond donors (Lipinski definition) is 0. The molecule has 0 aromatic carbocycles. The molecule has 1 aromatic rings. The van der Waals surface area contributed by atoms with Crippen LogP contribution in [0, 0.1) is 0 Å². The average Bonchev–Trinajstić information content (AvgIpc) is 2.29. The third-order valence-electron chi connectivity index (χ3n) is 2.07. The van der Waals surface area contributed by atoms with Crippen LogP contribution in [0.5, 0.6) is 0 Å². The average molecular weight is 306 g/mol. The first-order valence-corrected chi connectivity index (χ1v) is 8.93. The Hall–Kier alpha value is 0.615. The molecule has 102 valence electrons. The van der Waals surface area contributed by atoms with Crippen LogP contribution >= 0.6 is 15.0 Å². The van der Waals surface area contributed by atoms with Gasteiger partial charge >= 0.3 is 37.7 Å². The number of nitrogens with zero attached hydrogens (tertiary/aromatic N) is 2. The first kappa shape index (κ1) is 22.9. The van der Waals surface area contributed by atoms with Gasteiger partial charge in [-0.15, -0.1) is 0 Å². The summed E-state index contributed by atoms with van der Waals surface area (Å²) in [5.74, 6) is 0. The summed E-state index contributed by atoms with van der Waals surface area (Å²) in [5.41, 5.74) is -0.262. The zero-order chi connectivity index (χ0) is 13.6. The molecule has 0 bridgehead atoms. The van der Waals surface area contributed by atoms with Crippen molar-refractivity contribution in [2.45, 2.75) is 13.3 Å². The van der Waals surface area contributed by atoms with Crippen LogP contribution in [0.25, 0.3) is 0 Å². The van der Waals surface area contributed by atoms with Crippen molar-refractivity contribution in [3.63, 3.8) is 0 Å². The van der Waals surface area contributed by atoms with Crippen molar-refractivity contribution in [2.75, 3.05) is 18.9 Å². The van der Waals surface area contributed by atoms with E-state index in [2.05, 4.69) is 14.5 Å². The van der Waals surface area contributed by atoms with E-state index in [9.17, 15) is 18.9 Å². The van der Waals surface area contributed by atoms with Crippen LogP contribution in [-0.4, -0.2) is 28.9 Å². The van der Waals surface area contributed by atoms with E-state index in [0.29, 0.717) is 0 Å². The molecule has 20 heavy (non-hydrogen) atoms. The van der Waals surface area contributed by atoms with Crippen LogP contribution in [0.1, 0.15) is 13.3 Å². The second kappa shape index (κ2) is 10.4. The minimum atomic E-state index is -3.94. The van der Waals surface area contributed by atoms with Crippen molar-refractivity contribution in [2.24, 2.45) is 0 Å². The minimum absolute atomic E-state index is 0. The molecule has 0 radical (unpaired) electrons. The van der Waals surface area contributed by atoms with Gasteiger partial charge in [0.15, 0.2) is 5.57 Å². The molecule has 0 aliphatic heterocycles. The number of aromatic nitrogens is 2. The van der Waals surface area contributed by atoms with E-state index in [0.717, 1.165) is 0 Å². The van der Waals surface area contributed by atoms with Crippen LogP contribution in [0.3, 0.4) is 0 Å². The Morgan fingerprint density at radius 3 is 2.20 bits per heavy atom. The van der Waals surface area contributed by atoms with Gasteiger partial charge < -0.3 is 23.4 Å². The topological polar surface area (TPSA) is 115 Å². The molecular weight excluding hydrogens is 292 g/mol. The minimum Gasteiger partial charge on any atom is -0.794 e. The van der Waals surface area contributed by atoms with Crippen LogP contribution in [0.2, 0.25) is 0 Å². The Morgan fingerprint density at radius 1 is 1.15 bits per heavy atom. The molecule has 0 fully saturated rings. The van der Waals surface area contributed by atoms with E-state index >= 15 is 0 Å². The Balaban J connectivity index is 0. The number of rotatable bonds is 7. The van der Waals surface area contributed by atoms with Gasteiger partial charge in [-0.05, 0) is 25.6 Å². The molecule has 0 N–H and O–H groups in total. The van der Waals surface area contributed by atoms with Crippen molar-refractivity contribution >= 4 is 20.5 Å². The van der Waals surface area contributed by atoms with Crippen LogP contribution < -0.4 is 53.1 Å². The van der Waals surface area contributed by atoms with Crippen molar-refractivity contribution in [1.29, 1.82) is 0 Å². The van der Waals surface area contributed by atoms with Gasteiger partial charge in [0.1, 0.15) is 7.60 Å². The van der Waals surface area contributed by atoms with E-state index in [1.165, 1.54) is 18.5 Å². The maximum Gasteiger partial charge on any atom is 1.00 e. The van der Waals surface area contributed by atoms with Crippen molar-refractivity contribution < 1.29 is 61.2 Å². The fraction of sp³-hybridized carbons (Fsp3) is 0.556. The van der Waals surface area contributed by atoms with Crippen LogP contribution in [0.4, 0.5) is 0 Å². The molecule has 2 unspecified atom stereocenters. The fourth-order valence-corrected chi connectivity index (χ4v) is 3.88. The monoisotopic (exact) mass is 306 g/mol. The SMILES string of the molecule is CCOP(=O)([O-])CCCP(=O)([O-])c1ncccn1.[Li+].[Li+]. The maximum atomic E-state index is 11.7. The largest absolute Gasteiger partial charge is 1.00 e. The quantitative estimate of drug-likeness (QED) is 0.363. The summed E-state index contributed by atoms with van der Waals surface area (Å²) >= 11 is 0. The second-order valence-corrected chi connectivity index (χ2v) is 7.67. The van der Waals surface area contributed by atoms with Gasteiger partial charge in [-0.3, -0.25) is 0 Å². The molecule has 1 heterocycles. The third-order valence-corrected chi connectivity index (χ3v) is 5.33. The Kier molecular flexibility index (Phi) is 11.9. The van der Waals surface area contributed by atoms with E-state index in [4.69, 9.17) is 0 Å². The summed E-state index contributed by atoms with van der Waals surface area (Å²) in [6, 6.07) is 1.50. The molecule has 0 aliphatic rings. The summed E-state index contributed by atoms with van der Waals surface area (Å²) in [4.78, 5) is 30.3. The zero-order valence-electron chi connectivity index (χ0n) is 11.9. The van der Waals surface area contributed by atoms with Gasteiger partial charge in [0.2, 0.25) is 0 Å². The van der Waals surface area contributed by atoms with Gasteiger partial charge in [0, 0.05) is 18.6 Å². The van der Waals surface area contributed by atoms with Gasteiger partial charge in [-0.1, -0.05) is 0 Å². The first-order chi connectivity index (χ1) is 8.37.